The van der Waals surface area contributed by atoms with Crippen molar-refractivity contribution in [3.63, 3.8) is 0 Å². The number of carbonyl (C=O) groups is 1. The first-order valence-corrected chi connectivity index (χ1v) is 7.87. The van der Waals surface area contributed by atoms with Gasteiger partial charge in [0, 0.05) is 29.2 Å². The molecule has 0 unspecified atom stereocenters. The van der Waals surface area contributed by atoms with Gasteiger partial charge in [-0.2, -0.15) is 0 Å². The Labute approximate surface area is 148 Å². The highest BCUT2D eigenvalue weighted by molar-refractivity contribution is 6.30. The number of carbonyl (C=O) groups excluding carboxylic acids is 1. The summed E-state index contributed by atoms with van der Waals surface area (Å²) in [5, 5.41) is 13.8. The number of hydrogen-bond donors (Lipinski definition) is 2. The third kappa shape index (κ3) is 4.77. The van der Waals surface area contributed by atoms with Gasteiger partial charge in [0.05, 0.1) is 0 Å². The van der Waals surface area contributed by atoms with Crippen LogP contribution >= 0.6 is 11.6 Å². The van der Waals surface area contributed by atoms with Crippen LogP contribution < -0.4 is 10.6 Å². The van der Waals surface area contributed by atoms with Gasteiger partial charge in [-0.05, 0) is 48.5 Å². The molecule has 0 saturated heterocycles. The van der Waals surface area contributed by atoms with Gasteiger partial charge in [0.15, 0.2) is 0 Å². The van der Waals surface area contributed by atoms with E-state index < -0.39 is 0 Å². The molecule has 25 heavy (non-hydrogen) atoms. The zero-order chi connectivity index (χ0) is 17.6. The Morgan fingerprint density at radius 2 is 1.80 bits per heavy atom. The molecule has 0 aliphatic carbocycles. The average molecular weight is 361 g/mol. The highest BCUT2D eigenvalue weighted by Crippen LogP contribution is 2.18. The fourth-order valence-corrected chi connectivity index (χ4v) is 2.18. The van der Waals surface area contributed by atoms with Crippen LogP contribution in [0.25, 0.3) is 11.5 Å². The number of anilines is 1. The van der Waals surface area contributed by atoms with Crippen LogP contribution in [0.1, 0.15) is 5.89 Å². The average Bonchev–Trinajstić information content (AvgIpc) is 3.06. The van der Waals surface area contributed by atoms with Crippen LogP contribution in [-0.4, -0.2) is 22.8 Å². The Kier molecular flexibility index (Phi) is 5.25. The van der Waals surface area contributed by atoms with Crippen LogP contribution in [0.15, 0.2) is 52.9 Å². The lowest BCUT2D eigenvalue weighted by atomic mass is 10.2. The van der Waals surface area contributed by atoms with Crippen LogP contribution in [0, 0.1) is 5.82 Å². The van der Waals surface area contributed by atoms with Gasteiger partial charge in [0.25, 0.3) is 0 Å². The Balaban J connectivity index is 1.48. The third-order valence-electron chi connectivity index (χ3n) is 3.28. The van der Waals surface area contributed by atoms with Gasteiger partial charge in [0.1, 0.15) is 5.82 Å². The first-order chi connectivity index (χ1) is 12.1. The second kappa shape index (κ2) is 7.76. The van der Waals surface area contributed by atoms with Crippen molar-refractivity contribution in [1.29, 1.82) is 0 Å². The van der Waals surface area contributed by atoms with Crippen molar-refractivity contribution in [2.45, 2.75) is 6.42 Å². The summed E-state index contributed by atoms with van der Waals surface area (Å²) in [6.07, 6.45) is 0.377. The van der Waals surface area contributed by atoms with Gasteiger partial charge in [-0.25, -0.2) is 9.18 Å². The largest absolute Gasteiger partial charge is 0.421 e. The van der Waals surface area contributed by atoms with Crippen molar-refractivity contribution in [3.8, 4) is 11.5 Å². The first kappa shape index (κ1) is 16.9. The molecule has 3 rings (SSSR count). The van der Waals surface area contributed by atoms with Crippen LogP contribution in [0.3, 0.4) is 0 Å². The number of benzene rings is 2. The predicted molar refractivity (Wildman–Crippen MR) is 91.9 cm³/mol. The molecule has 1 heterocycles. The lowest BCUT2D eigenvalue weighted by molar-refractivity contribution is 0.252. The fourth-order valence-electron chi connectivity index (χ4n) is 2.06. The van der Waals surface area contributed by atoms with E-state index in [1.807, 2.05) is 0 Å². The van der Waals surface area contributed by atoms with E-state index in [4.69, 9.17) is 16.0 Å². The summed E-state index contributed by atoms with van der Waals surface area (Å²) < 4.78 is 18.4. The first-order valence-electron chi connectivity index (χ1n) is 7.49. The number of nitrogens with one attached hydrogen (secondary N) is 2. The van der Waals surface area contributed by atoms with E-state index >= 15 is 0 Å². The molecule has 8 heteroatoms. The molecule has 0 saturated carbocycles. The Hall–Kier alpha value is -2.93. The lowest BCUT2D eigenvalue weighted by Crippen LogP contribution is -2.30. The number of aromatic nitrogens is 2. The molecule has 2 aromatic carbocycles. The second-order valence-corrected chi connectivity index (χ2v) is 5.58. The number of urea groups is 1. The standard InChI is InChI=1S/C17H14ClFN4O2/c18-12-3-7-14(8-4-12)21-17(24)20-10-9-15-22-23-16(25-15)11-1-5-13(19)6-2-11/h1-8H,9-10H2,(H2,20,21,24). The maximum Gasteiger partial charge on any atom is 0.319 e. The van der Waals surface area contributed by atoms with E-state index in [2.05, 4.69) is 20.8 Å². The minimum absolute atomic E-state index is 0.306. The molecule has 6 nitrogen and oxygen atoms in total. The van der Waals surface area contributed by atoms with Crippen LogP contribution in [0.2, 0.25) is 5.02 Å². The molecule has 0 aliphatic rings. The molecule has 0 aliphatic heterocycles. The molecule has 0 spiro atoms. The van der Waals surface area contributed by atoms with Gasteiger partial charge in [0.2, 0.25) is 11.8 Å². The maximum absolute atomic E-state index is 12.9. The molecular formula is C17H14ClFN4O2. The molecular weight excluding hydrogens is 347 g/mol. The van der Waals surface area contributed by atoms with Gasteiger partial charge < -0.3 is 15.1 Å². The molecule has 0 fully saturated rings. The van der Waals surface area contributed by atoms with E-state index in [1.54, 1.807) is 36.4 Å². The Morgan fingerprint density at radius 1 is 1.08 bits per heavy atom. The number of amides is 2. The van der Waals surface area contributed by atoms with Crippen molar-refractivity contribution < 1.29 is 13.6 Å². The SMILES string of the molecule is O=C(NCCc1nnc(-c2ccc(F)cc2)o1)Nc1ccc(Cl)cc1. The van der Waals surface area contributed by atoms with Crippen LogP contribution in [0.4, 0.5) is 14.9 Å². The van der Waals surface area contributed by atoms with E-state index in [9.17, 15) is 9.18 Å². The van der Waals surface area contributed by atoms with Crippen LogP contribution in [-0.2, 0) is 6.42 Å². The molecule has 2 amide bonds. The molecule has 0 radical (unpaired) electrons. The van der Waals surface area contributed by atoms with E-state index in [-0.39, 0.29) is 11.8 Å². The third-order valence-corrected chi connectivity index (χ3v) is 3.54. The number of nitrogens with zero attached hydrogens (tertiary/aromatic N) is 2. The Bertz CT molecular complexity index is 850. The Morgan fingerprint density at radius 3 is 2.52 bits per heavy atom. The summed E-state index contributed by atoms with van der Waals surface area (Å²) in [5.74, 6) is 0.353. The summed E-state index contributed by atoms with van der Waals surface area (Å²) in [5.41, 5.74) is 1.27. The van der Waals surface area contributed by atoms with E-state index in [0.29, 0.717) is 41.0 Å². The summed E-state index contributed by atoms with van der Waals surface area (Å²) >= 11 is 5.78. The maximum atomic E-state index is 12.9. The van der Waals surface area contributed by atoms with Crippen molar-refractivity contribution in [2.75, 3.05) is 11.9 Å². The van der Waals surface area contributed by atoms with Gasteiger partial charge in [-0.3, -0.25) is 0 Å². The monoisotopic (exact) mass is 360 g/mol. The number of rotatable bonds is 5. The summed E-state index contributed by atoms with van der Waals surface area (Å²) in [6.45, 7) is 0.324. The summed E-state index contributed by atoms with van der Waals surface area (Å²) in [7, 11) is 0. The molecule has 128 valence electrons. The topological polar surface area (TPSA) is 80.1 Å². The highest BCUT2D eigenvalue weighted by Gasteiger charge is 2.09. The molecule has 1 aromatic heterocycles. The van der Waals surface area contributed by atoms with E-state index in [1.165, 1.54) is 12.1 Å². The molecule has 0 bridgehead atoms. The van der Waals surface area contributed by atoms with E-state index in [0.717, 1.165) is 0 Å². The van der Waals surface area contributed by atoms with Crippen molar-refractivity contribution >= 4 is 23.3 Å². The zero-order valence-corrected chi connectivity index (χ0v) is 13.8. The fraction of sp³-hybridized carbons (Fsp3) is 0.118. The number of halogens is 2. The lowest BCUT2D eigenvalue weighted by Gasteiger charge is -2.06. The quantitative estimate of drug-likeness (QED) is 0.723. The van der Waals surface area contributed by atoms with Crippen LogP contribution in [0.5, 0.6) is 0 Å². The van der Waals surface area contributed by atoms with Crippen molar-refractivity contribution in [2.24, 2.45) is 0 Å². The zero-order valence-electron chi connectivity index (χ0n) is 13.0. The predicted octanol–water partition coefficient (Wildman–Crippen LogP) is 3.89. The number of hydrogen-bond acceptors (Lipinski definition) is 4. The van der Waals surface area contributed by atoms with Gasteiger partial charge in [-0.1, -0.05) is 11.6 Å². The van der Waals surface area contributed by atoms with Crippen molar-refractivity contribution in [1.82, 2.24) is 15.5 Å². The molecule has 0 atom stereocenters. The molecule has 2 N–H and O–H groups in total. The van der Waals surface area contributed by atoms with Crippen molar-refractivity contribution in [3.05, 3.63) is 65.3 Å². The van der Waals surface area contributed by atoms with Gasteiger partial charge in [-0.15, -0.1) is 10.2 Å². The minimum Gasteiger partial charge on any atom is -0.421 e. The highest BCUT2D eigenvalue weighted by atomic mass is 35.5. The normalized spacial score (nSPS) is 10.5. The minimum atomic E-state index is -0.347. The summed E-state index contributed by atoms with van der Waals surface area (Å²) in [6, 6.07) is 12.2. The second-order valence-electron chi connectivity index (χ2n) is 5.15. The molecule has 3 aromatic rings. The summed E-state index contributed by atoms with van der Waals surface area (Å²) in [4.78, 5) is 11.8. The smallest absolute Gasteiger partial charge is 0.319 e. The van der Waals surface area contributed by atoms with Gasteiger partial charge >= 0.3 is 6.03 Å².